The molecule has 0 fully saturated rings. The van der Waals surface area contributed by atoms with Crippen molar-refractivity contribution in [3.8, 4) is 11.1 Å². The summed E-state index contributed by atoms with van der Waals surface area (Å²) in [5, 5.41) is 2.51. The van der Waals surface area contributed by atoms with E-state index in [4.69, 9.17) is 15.2 Å². The molecule has 0 unspecified atom stereocenters. The van der Waals surface area contributed by atoms with E-state index in [2.05, 4.69) is 10.3 Å². The average Bonchev–Trinajstić information content (AvgIpc) is 3.39. The Kier molecular flexibility index (Phi) is 6.59. The number of benzene rings is 2. The van der Waals surface area contributed by atoms with Crippen LogP contribution in [0.2, 0.25) is 0 Å². The van der Waals surface area contributed by atoms with Gasteiger partial charge in [-0.3, -0.25) is 4.79 Å². The zero-order chi connectivity index (χ0) is 25.2. The molecular weight excluding hydrogens is 448 g/mol. The van der Waals surface area contributed by atoms with Crippen LogP contribution in [0.3, 0.4) is 0 Å². The van der Waals surface area contributed by atoms with Crippen LogP contribution < -0.4 is 11.1 Å². The second-order valence-corrected chi connectivity index (χ2v) is 9.38. The Morgan fingerprint density at radius 2 is 1.66 bits per heavy atom. The van der Waals surface area contributed by atoms with Crippen molar-refractivity contribution in [1.82, 2.24) is 14.9 Å². The second-order valence-electron chi connectivity index (χ2n) is 9.38. The first-order valence-electron chi connectivity index (χ1n) is 11.3. The minimum absolute atomic E-state index is 0.00464. The largest absolute Gasteiger partial charge is 0.449 e. The smallest absolute Gasteiger partial charge is 0.419 e. The summed E-state index contributed by atoms with van der Waals surface area (Å²) < 4.78 is 12.0. The molecule has 1 heterocycles. The average molecular weight is 477 g/mol. The molecule has 0 radical (unpaired) electrons. The van der Waals surface area contributed by atoms with Gasteiger partial charge in [-0.05, 0) is 43.0 Å². The second kappa shape index (κ2) is 9.61. The number of fused-ring (bicyclic) bond motifs is 3. The molecule has 2 amide bonds. The van der Waals surface area contributed by atoms with Gasteiger partial charge in [-0.15, -0.1) is 0 Å². The Balaban J connectivity index is 1.38. The van der Waals surface area contributed by atoms with Crippen LogP contribution >= 0.6 is 0 Å². The van der Waals surface area contributed by atoms with Crippen molar-refractivity contribution in [2.45, 2.75) is 44.8 Å². The zero-order valence-electron chi connectivity index (χ0n) is 19.9. The molecule has 1 aliphatic carbocycles. The fraction of sp³-hybridized carbons (Fsp3) is 0.308. The number of rotatable bonds is 6. The van der Waals surface area contributed by atoms with E-state index in [1.54, 1.807) is 20.8 Å². The van der Waals surface area contributed by atoms with Crippen LogP contribution in [0, 0.1) is 0 Å². The number of ether oxygens (including phenoxy) is 2. The van der Waals surface area contributed by atoms with Gasteiger partial charge in [0, 0.05) is 18.5 Å². The number of nitrogens with zero attached hydrogens (tertiary/aromatic N) is 2. The molecular formula is C26H28N4O5. The fourth-order valence-electron chi connectivity index (χ4n) is 4.10. The third-order valence-electron chi connectivity index (χ3n) is 5.63. The van der Waals surface area contributed by atoms with Gasteiger partial charge in [-0.2, -0.15) is 0 Å². The molecule has 2 aromatic carbocycles. The van der Waals surface area contributed by atoms with Crippen LogP contribution in [0.1, 0.15) is 43.5 Å². The number of hydrogen-bond acceptors (Lipinski definition) is 6. The summed E-state index contributed by atoms with van der Waals surface area (Å²) in [5.41, 5.74) is 9.62. The highest BCUT2D eigenvalue weighted by molar-refractivity contribution is 5.84. The van der Waals surface area contributed by atoms with E-state index in [1.807, 2.05) is 48.5 Å². The van der Waals surface area contributed by atoms with Crippen molar-refractivity contribution >= 4 is 18.1 Å². The van der Waals surface area contributed by atoms with E-state index in [0.29, 0.717) is 5.69 Å². The molecule has 0 saturated heterocycles. The number of nitrogens with two attached hydrogens (primary N) is 1. The first kappa shape index (κ1) is 24.0. The lowest BCUT2D eigenvalue weighted by Gasteiger charge is -2.19. The third kappa shape index (κ3) is 5.51. The maximum absolute atomic E-state index is 12.6. The molecule has 0 aliphatic heterocycles. The molecule has 4 rings (SSSR count). The Labute approximate surface area is 203 Å². The Morgan fingerprint density at radius 3 is 2.23 bits per heavy atom. The standard InChI is InChI=1S/C26H28N4O5/c1-26(2,3)35-25(33)30-13-16(28-15-30)12-22(23(27)31)29-24(32)34-14-21-19-10-6-4-8-17(19)18-9-5-7-11-20(18)21/h4-11,13,15,21-22H,12,14H2,1-3H3,(H2,27,31)(H,29,32)/t22-/m0/s1. The molecule has 0 spiro atoms. The van der Waals surface area contributed by atoms with Crippen molar-refractivity contribution in [3.05, 3.63) is 77.9 Å². The number of carbonyl (C=O) groups is 3. The number of alkyl carbamates (subject to hydrolysis) is 1. The Bertz CT molecular complexity index is 1210. The van der Waals surface area contributed by atoms with Gasteiger partial charge in [-0.25, -0.2) is 19.1 Å². The number of primary amides is 1. The van der Waals surface area contributed by atoms with Crippen LogP contribution in [0.5, 0.6) is 0 Å². The van der Waals surface area contributed by atoms with Crippen molar-refractivity contribution in [1.29, 1.82) is 0 Å². The summed E-state index contributed by atoms with van der Waals surface area (Å²) >= 11 is 0. The molecule has 3 aromatic rings. The highest BCUT2D eigenvalue weighted by atomic mass is 16.6. The van der Waals surface area contributed by atoms with Crippen LogP contribution in [0.25, 0.3) is 11.1 Å². The molecule has 9 heteroatoms. The predicted octanol–water partition coefficient (Wildman–Crippen LogP) is 3.60. The number of aromatic nitrogens is 2. The maximum atomic E-state index is 12.6. The Hall–Kier alpha value is -4.14. The van der Waals surface area contributed by atoms with E-state index >= 15 is 0 Å². The van der Waals surface area contributed by atoms with E-state index in [0.717, 1.165) is 22.3 Å². The summed E-state index contributed by atoms with van der Waals surface area (Å²) in [7, 11) is 0. The van der Waals surface area contributed by atoms with Crippen molar-refractivity contribution in [2.24, 2.45) is 5.73 Å². The summed E-state index contributed by atoms with van der Waals surface area (Å²) in [5.74, 6) is -0.852. The van der Waals surface area contributed by atoms with Crippen LogP contribution in [-0.4, -0.2) is 45.9 Å². The highest BCUT2D eigenvalue weighted by Gasteiger charge is 2.30. The lowest BCUT2D eigenvalue weighted by atomic mass is 9.98. The maximum Gasteiger partial charge on any atom is 0.419 e. The summed E-state index contributed by atoms with van der Waals surface area (Å²) in [4.78, 5) is 40.8. The number of imidazole rings is 1. The SMILES string of the molecule is CC(C)(C)OC(=O)n1cnc(C[C@H](NC(=O)OCC2c3ccccc3-c3ccccc32)C(N)=O)c1. The molecule has 1 aromatic heterocycles. The molecule has 1 aliphatic rings. The van der Waals surface area contributed by atoms with Crippen molar-refractivity contribution in [2.75, 3.05) is 6.61 Å². The summed E-state index contributed by atoms with van der Waals surface area (Å²) in [6, 6.07) is 15.0. The van der Waals surface area contributed by atoms with Crippen LogP contribution in [0.4, 0.5) is 9.59 Å². The van der Waals surface area contributed by atoms with Gasteiger partial charge in [-0.1, -0.05) is 48.5 Å². The number of hydrogen-bond donors (Lipinski definition) is 2. The van der Waals surface area contributed by atoms with Gasteiger partial charge < -0.3 is 20.5 Å². The quantitative estimate of drug-likeness (QED) is 0.560. The lowest BCUT2D eigenvalue weighted by molar-refractivity contribution is -0.119. The normalized spacial score (nSPS) is 13.5. The van der Waals surface area contributed by atoms with E-state index in [9.17, 15) is 14.4 Å². The molecule has 35 heavy (non-hydrogen) atoms. The zero-order valence-corrected chi connectivity index (χ0v) is 19.9. The van der Waals surface area contributed by atoms with Gasteiger partial charge in [0.05, 0.1) is 5.69 Å². The minimum Gasteiger partial charge on any atom is -0.449 e. The predicted molar refractivity (Wildman–Crippen MR) is 129 cm³/mol. The summed E-state index contributed by atoms with van der Waals surface area (Å²) in [6.07, 6.45) is 1.35. The molecule has 9 nitrogen and oxygen atoms in total. The Morgan fingerprint density at radius 1 is 1.06 bits per heavy atom. The van der Waals surface area contributed by atoms with Gasteiger partial charge in [0.2, 0.25) is 5.91 Å². The molecule has 0 bridgehead atoms. The lowest BCUT2D eigenvalue weighted by Crippen LogP contribution is -2.46. The van der Waals surface area contributed by atoms with Gasteiger partial charge in [0.15, 0.2) is 0 Å². The third-order valence-corrected chi connectivity index (χ3v) is 5.63. The minimum atomic E-state index is -1.06. The topological polar surface area (TPSA) is 126 Å². The van der Waals surface area contributed by atoms with E-state index < -0.39 is 29.7 Å². The van der Waals surface area contributed by atoms with E-state index in [-0.39, 0.29) is 18.9 Å². The number of carbonyl (C=O) groups excluding carboxylic acids is 3. The first-order valence-corrected chi connectivity index (χ1v) is 11.3. The van der Waals surface area contributed by atoms with Crippen molar-refractivity contribution in [3.63, 3.8) is 0 Å². The van der Waals surface area contributed by atoms with Gasteiger partial charge >= 0.3 is 12.2 Å². The van der Waals surface area contributed by atoms with Gasteiger partial charge in [0.1, 0.15) is 24.6 Å². The fourth-order valence-corrected chi connectivity index (χ4v) is 4.10. The number of nitrogens with one attached hydrogen (secondary N) is 1. The first-order chi connectivity index (χ1) is 16.6. The molecule has 3 N–H and O–H groups in total. The monoisotopic (exact) mass is 476 g/mol. The summed E-state index contributed by atoms with van der Waals surface area (Å²) in [6.45, 7) is 5.37. The van der Waals surface area contributed by atoms with Gasteiger partial charge in [0.25, 0.3) is 0 Å². The van der Waals surface area contributed by atoms with Crippen LogP contribution in [-0.2, 0) is 20.7 Å². The number of amides is 2. The molecule has 182 valence electrons. The highest BCUT2D eigenvalue weighted by Crippen LogP contribution is 2.44. The molecule has 1 atom stereocenters. The van der Waals surface area contributed by atoms with E-state index in [1.165, 1.54) is 17.1 Å². The molecule has 0 saturated carbocycles. The van der Waals surface area contributed by atoms with Crippen molar-refractivity contribution < 1.29 is 23.9 Å². The van der Waals surface area contributed by atoms with Crippen LogP contribution in [0.15, 0.2) is 61.1 Å².